The molecule has 6 rings (SSSR count). The van der Waals surface area contributed by atoms with Gasteiger partial charge in [-0.1, -0.05) is 59.7 Å². The fraction of sp³-hybridized carbons (Fsp3) is 0.125. The molecule has 6 aromatic carbocycles. The van der Waals surface area contributed by atoms with Crippen molar-refractivity contribution in [2.45, 2.75) is 26.9 Å². The molecule has 0 saturated carbocycles. The second kappa shape index (κ2) is 8.33. The van der Waals surface area contributed by atoms with Crippen LogP contribution in [0, 0.1) is 26.6 Å². The van der Waals surface area contributed by atoms with E-state index in [-0.39, 0.29) is 5.82 Å². The van der Waals surface area contributed by atoms with Gasteiger partial charge in [-0.2, -0.15) is 0 Å². The molecule has 1 atom stereocenters. The highest BCUT2D eigenvalue weighted by molar-refractivity contribution is 7.15. The Morgan fingerprint density at radius 3 is 1.74 bits per heavy atom. The number of rotatable bonds is 4. The Balaban J connectivity index is 1.76. The maximum absolute atomic E-state index is 14.7. The summed E-state index contributed by atoms with van der Waals surface area (Å²) >= 11 is 0. The van der Waals surface area contributed by atoms with Gasteiger partial charge < -0.3 is 4.90 Å². The van der Waals surface area contributed by atoms with Crippen molar-refractivity contribution in [1.29, 1.82) is 0 Å². The molecule has 0 aliphatic carbocycles. The van der Waals surface area contributed by atoms with Crippen LogP contribution in [-0.2, 0) is 6.16 Å². The van der Waals surface area contributed by atoms with Crippen LogP contribution in [0.2, 0.25) is 0 Å². The Kier molecular flexibility index (Phi) is 5.24. The van der Waals surface area contributed by atoms with Gasteiger partial charge >= 0.3 is 0 Å². The average Bonchev–Trinajstić information content (AvgIpc) is 2.87. The third-order valence-electron chi connectivity index (χ3n) is 7.19. The first kappa shape index (κ1) is 22.0. The molecule has 0 radical (unpaired) electrons. The quantitative estimate of drug-likeness (QED) is 0.181. The van der Waals surface area contributed by atoms with Gasteiger partial charge in [-0.3, -0.25) is 0 Å². The molecule has 172 valence electrons. The summed E-state index contributed by atoms with van der Waals surface area (Å²) in [7, 11) is 2.91. The van der Waals surface area contributed by atoms with Crippen LogP contribution < -0.4 is 4.90 Å². The summed E-state index contributed by atoms with van der Waals surface area (Å²) < 4.78 is 14.7. The predicted octanol–water partition coefficient (Wildman–Crippen LogP) is 9.49. The molecule has 6 aromatic rings. The first-order valence-corrected chi connectivity index (χ1v) is 12.8. The molecular weight excluding hydrogens is 448 g/mol. The van der Waals surface area contributed by atoms with Gasteiger partial charge in [0.05, 0.1) is 5.69 Å². The summed E-state index contributed by atoms with van der Waals surface area (Å²) in [6, 6.07) is 29.9. The van der Waals surface area contributed by atoms with Gasteiger partial charge in [-0.15, -0.1) is 9.24 Å². The van der Waals surface area contributed by atoms with E-state index in [1.165, 1.54) is 38.5 Å². The third-order valence-corrected chi connectivity index (χ3v) is 7.63. The van der Waals surface area contributed by atoms with Gasteiger partial charge in [-0.05, 0) is 101 Å². The van der Waals surface area contributed by atoms with E-state index < -0.39 is 0 Å². The monoisotopic (exact) mass is 475 g/mol. The van der Waals surface area contributed by atoms with E-state index in [1.807, 2.05) is 6.92 Å². The molecule has 0 saturated heterocycles. The summed E-state index contributed by atoms with van der Waals surface area (Å²) in [5.41, 5.74) is 7.85. The van der Waals surface area contributed by atoms with Crippen LogP contribution in [0.5, 0.6) is 0 Å². The van der Waals surface area contributed by atoms with Crippen molar-refractivity contribution in [2.24, 2.45) is 0 Å². The minimum Gasteiger partial charge on any atom is -0.310 e. The van der Waals surface area contributed by atoms with Crippen molar-refractivity contribution in [2.75, 3.05) is 4.90 Å². The Morgan fingerprint density at radius 1 is 0.657 bits per heavy atom. The topological polar surface area (TPSA) is 3.24 Å². The van der Waals surface area contributed by atoms with E-state index in [9.17, 15) is 4.39 Å². The minimum absolute atomic E-state index is 0.150. The second-order valence-corrected chi connectivity index (χ2v) is 9.91. The zero-order chi connectivity index (χ0) is 24.3. The summed E-state index contributed by atoms with van der Waals surface area (Å²) in [4.78, 5) is 2.37. The highest BCUT2D eigenvalue weighted by Gasteiger charge is 2.22. The highest BCUT2D eigenvalue weighted by atomic mass is 31.0. The van der Waals surface area contributed by atoms with Gasteiger partial charge in [0.25, 0.3) is 0 Å². The molecule has 0 bridgehead atoms. The van der Waals surface area contributed by atoms with Crippen molar-refractivity contribution in [3.05, 3.63) is 113 Å². The highest BCUT2D eigenvalue weighted by Crippen LogP contribution is 2.47. The fourth-order valence-corrected chi connectivity index (χ4v) is 5.63. The zero-order valence-corrected chi connectivity index (χ0v) is 21.3. The number of aryl methyl sites for hydroxylation is 3. The molecule has 0 aromatic heterocycles. The molecule has 0 fully saturated rings. The maximum Gasteiger partial charge on any atom is 0.127 e. The molecule has 3 heteroatoms. The molecule has 0 aliphatic heterocycles. The van der Waals surface area contributed by atoms with Crippen LogP contribution in [0.1, 0.15) is 22.3 Å². The smallest absolute Gasteiger partial charge is 0.127 e. The summed E-state index contributed by atoms with van der Waals surface area (Å²) in [6.45, 7) is 6.11. The normalized spacial score (nSPS) is 11.7. The van der Waals surface area contributed by atoms with E-state index in [1.54, 1.807) is 6.07 Å². The average molecular weight is 476 g/mol. The van der Waals surface area contributed by atoms with Crippen LogP contribution in [0.3, 0.4) is 0 Å². The Bertz CT molecular complexity index is 1660. The lowest BCUT2D eigenvalue weighted by Crippen LogP contribution is -2.13. The van der Waals surface area contributed by atoms with E-state index in [2.05, 4.69) is 107 Å². The van der Waals surface area contributed by atoms with Gasteiger partial charge in [0.15, 0.2) is 0 Å². The number of anilines is 3. The largest absolute Gasteiger partial charge is 0.310 e. The van der Waals surface area contributed by atoms with Crippen molar-refractivity contribution in [3.8, 4) is 0 Å². The van der Waals surface area contributed by atoms with Crippen molar-refractivity contribution >= 4 is 58.6 Å². The first-order chi connectivity index (χ1) is 17.0. The molecule has 0 amide bonds. The SMILES string of the molecule is Cc1ccc(N(c2ccc(C)cc2)c2c(CP)cc3ccc4cc(F)c(C)c5ccc2c3c45)cc1. The van der Waals surface area contributed by atoms with Crippen LogP contribution in [0.25, 0.3) is 32.3 Å². The zero-order valence-electron chi connectivity index (χ0n) is 20.2. The number of hydrogen-bond acceptors (Lipinski definition) is 1. The van der Waals surface area contributed by atoms with Crippen molar-refractivity contribution in [1.82, 2.24) is 0 Å². The molecule has 0 spiro atoms. The number of halogens is 1. The van der Waals surface area contributed by atoms with Gasteiger partial charge in [-0.25, -0.2) is 4.39 Å². The van der Waals surface area contributed by atoms with Crippen molar-refractivity contribution < 1.29 is 4.39 Å². The first-order valence-electron chi connectivity index (χ1n) is 12.0. The predicted molar refractivity (Wildman–Crippen MR) is 152 cm³/mol. The number of hydrogen-bond donors (Lipinski definition) is 0. The Labute approximate surface area is 207 Å². The third kappa shape index (κ3) is 3.48. The molecule has 1 nitrogen and oxygen atoms in total. The Morgan fingerprint density at radius 2 is 1.17 bits per heavy atom. The van der Waals surface area contributed by atoms with E-state index in [4.69, 9.17) is 0 Å². The Hall–Kier alpha value is -3.48. The molecular formula is C32H27FNP. The fourth-order valence-electron chi connectivity index (χ4n) is 5.32. The van der Waals surface area contributed by atoms with Gasteiger partial charge in [0.1, 0.15) is 5.82 Å². The lowest BCUT2D eigenvalue weighted by molar-refractivity contribution is 0.622. The van der Waals surface area contributed by atoms with Crippen LogP contribution in [0.15, 0.2) is 84.9 Å². The van der Waals surface area contributed by atoms with Gasteiger partial charge in [0, 0.05) is 16.8 Å². The molecule has 35 heavy (non-hydrogen) atoms. The molecule has 0 heterocycles. The summed E-state index contributed by atoms with van der Waals surface area (Å²) in [5, 5.41) is 6.65. The second-order valence-electron chi connectivity index (χ2n) is 9.50. The van der Waals surface area contributed by atoms with E-state index >= 15 is 0 Å². The molecule has 0 aliphatic rings. The van der Waals surface area contributed by atoms with Gasteiger partial charge in [0.2, 0.25) is 0 Å². The molecule has 1 unspecified atom stereocenters. The van der Waals surface area contributed by atoms with Crippen molar-refractivity contribution in [3.63, 3.8) is 0 Å². The minimum atomic E-state index is -0.150. The molecule has 0 N–H and O–H groups in total. The van der Waals surface area contributed by atoms with Crippen LogP contribution >= 0.6 is 9.24 Å². The summed E-state index contributed by atoms with van der Waals surface area (Å²) in [5.74, 6) is -0.150. The number of benzene rings is 6. The summed E-state index contributed by atoms with van der Waals surface area (Å²) in [6.07, 6.45) is 0.827. The van der Waals surface area contributed by atoms with Crippen LogP contribution in [-0.4, -0.2) is 0 Å². The van der Waals surface area contributed by atoms with E-state index in [0.29, 0.717) is 5.56 Å². The number of nitrogens with zero attached hydrogens (tertiary/aromatic N) is 1. The maximum atomic E-state index is 14.7. The lowest BCUT2D eigenvalue weighted by Gasteiger charge is -2.30. The lowest BCUT2D eigenvalue weighted by atomic mass is 9.89. The van der Waals surface area contributed by atoms with Crippen LogP contribution in [0.4, 0.5) is 21.5 Å². The standard InChI is InChI=1S/C32H27FNP/c1-19-4-10-25(11-5-19)34(26-12-6-20(2)7-13-26)32-24(18-35)16-22-8-9-23-17-29(33)21(3)27-14-15-28(32)31(22)30(23)27/h4-17H,18,35H2,1-3H3. The van der Waals surface area contributed by atoms with E-state index in [0.717, 1.165) is 33.7 Å².